The van der Waals surface area contributed by atoms with Gasteiger partial charge in [0.1, 0.15) is 0 Å². The maximum atomic E-state index is 12.8. The van der Waals surface area contributed by atoms with E-state index in [2.05, 4.69) is 10.6 Å². The summed E-state index contributed by atoms with van der Waals surface area (Å²) in [5.41, 5.74) is 1.52. The molecule has 1 unspecified atom stereocenters. The van der Waals surface area contributed by atoms with E-state index in [0.717, 1.165) is 5.56 Å². The highest BCUT2D eigenvalue weighted by molar-refractivity contribution is 6.05. The van der Waals surface area contributed by atoms with E-state index in [-0.39, 0.29) is 29.7 Å². The number of hydrogen-bond acceptors (Lipinski definition) is 3. The van der Waals surface area contributed by atoms with Crippen LogP contribution in [0.4, 0.5) is 5.69 Å². The van der Waals surface area contributed by atoms with E-state index in [4.69, 9.17) is 0 Å². The van der Waals surface area contributed by atoms with Gasteiger partial charge in [0, 0.05) is 25.0 Å². The SMILES string of the molecule is CC(C)(C)N1CC(C(=O)Nc2ccccc2C(=O)NCc2ccccc2)CC1=O. The highest BCUT2D eigenvalue weighted by Gasteiger charge is 2.39. The largest absolute Gasteiger partial charge is 0.348 e. The highest BCUT2D eigenvalue weighted by Crippen LogP contribution is 2.27. The number of amides is 3. The maximum absolute atomic E-state index is 12.8. The van der Waals surface area contributed by atoms with Crippen molar-refractivity contribution >= 4 is 23.4 Å². The van der Waals surface area contributed by atoms with Gasteiger partial charge in [-0.25, -0.2) is 0 Å². The molecular formula is C23H27N3O3. The Morgan fingerprint density at radius 3 is 2.34 bits per heavy atom. The number of carbonyl (C=O) groups excluding carboxylic acids is 3. The molecule has 6 nitrogen and oxygen atoms in total. The minimum atomic E-state index is -0.429. The molecule has 0 spiro atoms. The number of carbonyl (C=O) groups is 3. The van der Waals surface area contributed by atoms with E-state index in [0.29, 0.717) is 24.3 Å². The Morgan fingerprint density at radius 1 is 1.03 bits per heavy atom. The number of hydrogen-bond donors (Lipinski definition) is 2. The second-order valence-electron chi connectivity index (χ2n) is 8.28. The predicted molar refractivity (Wildman–Crippen MR) is 112 cm³/mol. The molecule has 0 bridgehead atoms. The fourth-order valence-electron chi connectivity index (χ4n) is 3.43. The molecule has 1 heterocycles. The van der Waals surface area contributed by atoms with Crippen LogP contribution in [0.2, 0.25) is 0 Å². The number of nitrogens with one attached hydrogen (secondary N) is 2. The van der Waals surface area contributed by atoms with Crippen LogP contribution in [0.1, 0.15) is 43.1 Å². The molecule has 152 valence electrons. The molecule has 6 heteroatoms. The molecular weight excluding hydrogens is 366 g/mol. The van der Waals surface area contributed by atoms with Gasteiger partial charge in [-0.15, -0.1) is 0 Å². The molecule has 2 aromatic rings. The second-order valence-corrected chi connectivity index (χ2v) is 8.28. The third kappa shape index (κ3) is 5.02. The van der Waals surface area contributed by atoms with Crippen molar-refractivity contribution in [1.29, 1.82) is 0 Å². The van der Waals surface area contributed by atoms with Gasteiger partial charge in [-0.05, 0) is 38.5 Å². The molecule has 1 saturated heterocycles. The Morgan fingerprint density at radius 2 is 1.69 bits per heavy atom. The molecule has 1 fully saturated rings. The molecule has 2 N–H and O–H groups in total. The topological polar surface area (TPSA) is 78.5 Å². The normalized spacial score (nSPS) is 16.6. The van der Waals surface area contributed by atoms with Gasteiger partial charge in [-0.2, -0.15) is 0 Å². The molecule has 29 heavy (non-hydrogen) atoms. The lowest BCUT2D eigenvalue weighted by Gasteiger charge is -2.31. The summed E-state index contributed by atoms with van der Waals surface area (Å²) < 4.78 is 0. The van der Waals surface area contributed by atoms with Crippen molar-refractivity contribution in [3.05, 3.63) is 65.7 Å². The van der Waals surface area contributed by atoms with Gasteiger partial charge in [-0.3, -0.25) is 14.4 Å². The van der Waals surface area contributed by atoms with Gasteiger partial charge in [0.2, 0.25) is 11.8 Å². The van der Waals surface area contributed by atoms with Crippen LogP contribution < -0.4 is 10.6 Å². The first-order valence-electron chi connectivity index (χ1n) is 9.78. The van der Waals surface area contributed by atoms with E-state index in [1.807, 2.05) is 51.1 Å². The molecule has 2 aromatic carbocycles. The molecule has 1 aliphatic rings. The molecule has 0 saturated carbocycles. The first-order valence-corrected chi connectivity index (χ1v) is 9.78. The Hall–Kier alpha value is -3.15. The summed E-state index contributed by atoms with van der Waals surface area (Å²) >= 11 is 0. The minimum Gasteiger partial charge on any atom is -0.348 e. The van der Waals surface area contributed by atoms with Gasteiger partial charge < -0.3 is 15.5 Å². The number of para-hydroxylation sites is 1. The van der Waals surface area contributed by atoms with Crippen LogP contribution in [-0.4, -0.2) is 34.7 Å². The lowest BCUT2D eigenvalue weighted by molar-refractivity contribution is -0.131. The molecule has 0 aliphatic carbocycles. The number of anilines is 1. The van der Waals surface area contributed by atoms with Gasteiger partial charge in [0.05, 0.1) is 17.2 Å². The fourth-order valence-corrected chi connectivity index (χ4v) is 3.43. The van der Waals surface area contributed by atoms with Gasteiger partial charge in [-0.1, -0.05) is 42.5 Å². The zero-order valence-electron chi connectivity index (χ0n) is 17.1. The van der Waals surface area contributed by atoms with E-state index in [1.54, 1.807) is 29.2 Å². The smallest absolute Gasteiger partial charge is 0.253 e. The lowest BCUT2D eigenvalue weighted by atomic mass is 10.1. The number of benzene rings is 2. The highest BCUT2D eigenvalue weighted by atomic mass is 16.2. The van der Waals surface area contributed by atoms with E-state index < -0.39 is 5.92 Å². The fraction of sp³-hybridized carbons (Fsp3) is 0.348. The summed E-state index contributed by atoms with van der Waals surface area (Å²) in [6.07, 6.45) is 0.186. The summed E-state index contributed by atoms with van der Waals surface area (Å²) in [6.45, 7) is 6.66. The number of rotatable bonds is 5. The van der Waals surface area contributed by atoms with Crippen LogP contribution in [-0.2, 0) is 16.1 Å². The number of likely N-dealkylation sites (tertiary alicyclic amines) is 1. The minimum absolute atomic E-state index is 0.0217. The first kappa shape index (κ1) is 20.6. The average Bonchev–Trinajstić information content (AvgIpc) is 3.10. The lowest BCUT2D eigenvalue weighted by Crippen LogP contribution is -2.42. The molecule has 1 aliphatic heterocycles. The summed E-state index contributed by atoms with van der Waals surface area (Å²) in [7, 11) is 0. The first-order chi connectivity index (χ1) is 13.8. The van der Waals surface area contributed by atoms with E-state index in [1.165, 1.54) is 0 Å². The maximum Gasteiger partial charge on any atom is 0.253 e. The zero-order valence-corrected chi connectivity index (χ0v) is 17.1. The third-order valence-electron chi connectivity index (χ3n) is 5.03. The Bertz CT molecular complexity index is 903. The summed E-state index contributed by atoms with van der Waals surface area (Å²) in [4.78, 5) is 39.4. The summed E-state index contributed by atoms with van der Waals surface area (Å²) in [6, 6.07) is 16.5. The standard InChI is InChI=1S/C23H27N3O3/c1-23(2,3)26-15-17(13-20(26)27)21(28)25-19-12-8-7-11-18(19)22(29)24-14-16-9-5-4-6-10-16/h4-12,17H,13-15H2,1-3H3,(H,24,29)(H,25,28). The van der Waals surface area contributed by atoms with Crippen LogP contribution in [0.15, 0.2) is 54.6 Å². The quantitative estimate of drug-likeness (QED) is 0.819. The van der Waals surface area contributed by atoms with Gasteiger partial charge in [0.15, 0.2) is 0 Å². The van der Waals surface area contributed by atoms with Crippen LogP contribution in [0.5, 0.6) is 0 Å². The van der Waals surface area contributed by atoms with Crippen molar-refractivity contribution in [3.63, 3.8) is 0 Å². The van der Waals surface area contributed by atoms with Crippen molar-refractivity contribution in [3.8, 4) is 0 Å². The molecule has 3 amide bonds. The Labute approximate surface area is 171 Å². The Balaban J connectivity index is 1.67. The summed E-state index contributed by atoms with van der Waals surface area (Å²) in [5.74, 6) is -0.953. The zero-order chi connectivity index (χ0) is 21.0. The van der Waals surface area contributed by atoms with Crippen molar-refractivity contribution < 1.29 is 14.4 Å². The number of nitrogens with zero attached hydrogens (tertiary/aromatic N) is 1. The van der Waals surface area contributed by atoms with E-state index in [9.17, 15) is 14.4 Å². The second kappa shape index (κ2) is 8.47. The van der Waals surface area contributed by atoms with Crippen molar-refractivity contribution in [2.75, 3.05) is 11.9 Å². The predicted octanol–water partition coefficient (Wildman–Crippen LogP) is 3.20. The molecule has 3 rings (SSSR count). The molecule has 1 atom stereocenters. The third-order valence-corrected chi connectivity index (χ3v) is 5.03. The van der Waals surface area contributed by atoms with Gasteiger partial charge >= 0.3 is 0 Å². The Kier molecular flexibility index (Phi) is 6.01. The van der Waals surface area contributed by atoms with Crippen LogP contribution in [0.25, 0.3) is 0 Å². The van der Waals surface area contributed by atoms with Crippen LogP contribution in [0, 0.1) is 5.92 Å². The van der Waals surface area contributed by atoms with Crippen molar-refractivity contribution in [1.82, 2.24) is 10.2 Å². The molecule has 0 radical (unpaired) electrons. The van der Waals surface area contributed by atoms with Crippen LogP contribution >= 0.6 is 0 Å². The average molecular weight is 393 g/mol. The summed E-state index contributed by atoms with van der Waals surface area (Å²) in [5, 5.41) is 5.73. The van der Waals surface area contributed by atoms with Gasteiger partial charge in [0.25, 0.3) is 5.91 Å². The van der Waals surface area contributed by atoms with Crippen molar-refractivity contribution in [2.45, 2.75) is 39.3 Å². The van der Waals surface area contributed by atoms with E-state index >= 15 is 0 Å². The monoisotopic (exact) mass is 393 g/mol. The van der Waals surface area contributed by atoms with Crippen molar-refractivity contribution in [2.24, 2.45) is 5.92 Å². The molecule has 0 aromatic heterocycles. The van der Waals surface area contributed by atoms with Crippen LogP contribution in [0.3, 0.4) is 0 Å².